The van der Waals surface area contributed by atoms with Gasteiger partial charge in [-0.1, -0.05) is 5.21 Å². The van der Waals surface area contributed by atoms with E-state index in [4.69, 9.17) is 0 Å². The quantitative estimate of drug-likeness (QED) is 0.795. The zero-order valence-electron chi connectivity index (χ0n) is 13.3. The van der Waals surface area contributed by atoms with Crippen molar-refractivity contribution < 1.29 is 0 Å². The Morgan fingerprint density at radius 2 is 1.95 bits per heavy atom. The van der Waals surface area contributed by atoms with Gasteiger partial charge in [-0.2, -0.15) is 0 Å². The molecule has 6 heteroatoms. The molecule has 1 saturated heterocycles. The van der Waals surface area contributed by atoms with Gasteiger partial charge in [-0.3, -0.25) is 4.68 Å². The average Bonchev–Trinajstić information content (AvgIpc) is 3.21. The smallest absolute Gasteiger partial charge is 0.0964 e. The Kier molecular flexibility index (Phi) is 4.87. The van der Waals surface area contributed by atoms with Crippen LogP contribution in [0.4, 0.5) is 0 Å². The summed E-state index contributed by atoms with van der Waals surface area (Å²) in [4.78, 5) is 4.90. The summed E-state index contributed by atoms with van der Waals surface area (Å²) in [5.41, 5.74) is 1.06. The minimum absolute atomic E-state index is 0.730. The summed E-state index contributed by atoms with van der Waals surface area (Å²) in [6.07, 6.45) is 7.28. The van der Waals surface area contributed by atoms with Crippen molar-refractivity contribution in [1.29, 1.82) is 0 Å². The van der Waals surface area contributed by atoms with E-state index in [1.165, 1.54) is 38.8 Å². The van der Waals surface area contributed by atoms with E-state index in [-0.39, 0.29) is 0 Å². The highest BCUT2D eigenvalue weighted by molar-refractivity contribution is 4.94. The number of nitrogens with zero attached hydrogens (tertiary/aromatic N) is 5. The Morgan fingerprint density at radius 3 is 2.62 bits per heavy atom. The lowest BCUT2D eigenvalue weighted by Gasteiger charge is -2.35. The van der Waals surface area contributed by atoms with Crippen molar-refractivity contribution in [3.63, 3.8) is 0 Å². The molecular weight excluding hydrogens is 264 g/mol. The third-order valence-electron chi connectivity index (χ3n) is 4.67. The van der Waals surface area contributed by atoms with Crippen LogP contribution in [-0.2, 0) is 13.1 Å². The second-order valence-electron chi connectivity index (χ2n) is 6.66. The summed E-state index contributed by atoms with van der Waals surface area (Å²) in [6.45, 7) is 5.29. The van der Waals surface area contributed by atoms with Crippen molar-refractivity contribution in [3.8, 4) is 0 Å². The lowest BCUT2D eigenvalue weighted by atomic mass is 10.0. The summed E-state index contributed by atoms with van der Waals surface area (Å²) in [5.74, 6) is 0. The zero-order valence-corrected chi connectivity index (χ0v) is 13.3. The molecule has 2 aliphatic rings. The molecule has 0 bridgehead atoms. The van der Waals surface area contributed by atoms with Crippen molar-refractivity contribution in [2.24, 2.45) is 0 Å². The Hall–Kier alpha value is -0.980. The van der Waals surface area contributed by atoms with Crippen LogP contribution in [0.25, 0.3) is 0 Å². The minimum Gasteiger partial charge on any atom is -0.308 e. The fourth-order valence-corrected chi connectivity index (χ4v) is 2.97. The van der Waals surface area contributed by atoms with Gasteiger partial charge in [-0.15, -0.1) is 5.10 Å². The molecule has 1 aliphatic carbocycles. The summed E-state index contributed by atoms with van der Waals surface area (Å²) in [6, 6.07) is 1.49. The molecule has 21 heavy (non-hydrogen) atoms. The molecule has 1 aromatic heterocycles. The van der Waals surface area contributed by atoms with E-state index in [9.17, 15) is 0 Å². The summed E-state index contributed by atoms with van der Waals surface area (Å²) in [7, 11) is 4.37. The van der Waals surface area contributed by atoms with Gasteiger partial charge in [-0.25, -0.2) is 0 Å². The van der Waals surface area contributed by atoms with Crippen molar-refractivity contribution in [1.82, 2.24) is 30.1 Å². The first-order chi connectivity index (χ1) is 10.2. The largest absolute Gasteiger partial charge is 0.308 e. The third-order valence-corrected chi connectivity index (χ3v) is 4.67. The molecule has 1 saturated carbocycles. The first kappa shape index (κ1) is 14.9. The molecule has 118 valence electrons. The predicted molar refractivity (Wildman–Crippen MR) is 83.0 cm³/mol. The second-order valence-corrected chi connectivity index (χ2v) is 6.66. The molecule has 1 aliphatic heterocycles. The monoisotopic (exact) mass is 292 g/mol. The van der Waals surface area contributed by atoms with Crippen LogP contribution in [0.3, 0.4) is 0 Å². The number of nitrogens with one attached hydrogen (secondary N) is 1. The predicted octanol–water partition coefficient (Wildman–Crippen LogP) is 0.556. The van der Waals surface area contributed by atoms with E-state index < -0.39 is 0 Å². The van der Waals surface area contributed by atoms with Crippen LogP contribution in [0.1, 0.15) is 31.4 Å². The highest BCUT2D eigenvalue weighted by Gasteiger charge is 2.21. The number of hydrogen-bond acceptors (Lipinski definition) is 5. The van der Waals surface area contributed by atoms with Gasteiger partial charge >= 0.3 is 0 Å². The van der Waals surface area contributed by atoms with Crippen LogP contribution < -0.4 is 5.32 Å². The van der Waals surface area contributed by atoms with E-state index in [0.29, 0.717) is 0 Å². The van der Waals surface area contributed by atoms with Gasteiger partial charge in [0.25, 0.3) is 0 Å². The van der Waals surface area contributed by atoms with E-state index in [2.05, 4.69) is 45.7 Å². The topological polar surface area (TPSA) is 49.2 Å². The fraction of sp³-hybridized carbons (Fsp3) is 0.867. The molecular formula is C15H28N6. The van der Waals surface area contributed by atoms with Gasteiger partial charge in [-0.05, 0) is 52.9 Å². The number of likely N-dealkylation sites (tertiary alicyclic amines) is 1. The molecule has 1 N–H and O–H groups in total. The fourth-order valence-electron chi connectivity index (χ4n) is 2.97. The van der Waals surface area contributed by atoms with Crippen LogP contribution in [-0.4, -0.2) is 70.6 Å². The van der Waals surface area contributed by atoms with Crippen LogP contribution in [0, 0.1) is 0 Å². The van der Waals surface area contributed by atoms with Crippen LogP contribution >= 0.6 is 0 Å². The van der Waals surface area contributed by atoms with Crippen molar-refractivity contribution in [2.75, 3.05) is 33.7 Å². The first-order valence-corrected chi connectivity index (χ1v) is 8.22. The highest BCUT2D eigenvalue weighted by atomic mass is 15.4. The van der Waals surface area contributed by atoms with Crippen molar-refractivity contribution in [2.45, 2.75) is 50.9 Å². The average molecular weight is 292 g/mol. The summed E-state index contributed by atoms with van der Waals surface area (Å²) in [5, 5.41) is 12.0. The molecule has 3 rings (SSSR count). The number of aromatic nitrogens is 3. The Labute approximate surface area is 127 Å². The van der Waals surface area contributed by atoms with Crippen LogP contribution in [0.2, 0.25) is 0 Å². The van der Waals surface area contributed by atoms with Crippen LogP contribution in [0.5, 0.6) is 0 Å². The van der Waals surface area contributed by atoms with Gasteiger partial charge in [0.1, 0.15) is 0 Å². The Balaban J connectivity index is 1.37. The zero-order chi connectivity index (χ0) is 14.7. The maximum atomic E-state index is 4.24. The maximum Gasteiger partial charge on any atom is 0.0964 e. The van der Waals surface area contributed by atoms with E-state index in [1.807, 2.05) is 4.68 Å². The molecule has 0 amide bonds. The van der Waals surface area contributed by atoms with Crippen molar-refractivity contribution in [3.05, 3.63) is 11.9 Å². The standard InChI is InChI=1S/C15H28N6/c1-19(2)15-5-7-20(8-6-15)9-10-21-12-14(17-18-21)11-16-13-3-4-13/h12-13,15-16H,3-11H2,1-2H3. The van der Waals surface area contributed by atoms with E-state index >= 15 is 0 Å². The number of hydrogen-bond donors (Lipinski definition) is 1. The van der Waals surface area contributed by atoms with Gasteiger partial charge in [0.2, 0.25) is 0 Å². The van der Waals surface area contributed by atoms with Crippen LogP contribution in [0.15, 0.2) is 6.20 Å². The molecule has 1 aromatic rings. The van der Waals surface area contributed by atoms with Gasteiger partial charge in [0.15, 0.2) is 0 Å². The molecule has 2 heterocycles. The molecule has 0 atom stereocenters. The first-order valence-electron chi connectivity index (χ1n) is 8.22. The maximum absolute atomic E-state index is 4.24. The molecule has 0 radical (unpaired) electrons. The molecule has 6 nitrogen and oxygen atoms in total. The number of piperidine rings is 1. The molecule has 0 unspecified atom stereocenters. The lowest BCUT2D eigenvalue weighted by molar-refractivity contribution is 0.140. The summed E-state index contributed by atoms with van der Waals surface area (Å²) >= 11 is 0. The van der Waals surface area contributed by atoms with Crippen molar-refractivity contribution >= 4 is 0 Å². The lowest BCUT2D eigenvalue weighted by Crippen LogP contribution is -2.42. The van der Waals surface area contributed by atoms with Gasteiger partial charge < -0.3 is 15.1 Å². The molecule has 0 aromatic carbocycles. The Morgan fingerprint density at radius 1 is 1.19 bits per heavy atom. The number of rotatable bonds is 7. The van der Waals surface area contributed by atoms with E-state index in [0.717, 1.165) is 37.4 Å². The third kappa shape index (κ3) is 4.49. The Bertz CT molecular complexity index is 431. The summed E-state index contributed by atoms with van der Waals surface area (Å²) < 4.78 is 1.99. The molecule has 2 fully saturated rings. The van der Waals surface area contributed by atoms with Gasteiger partial charge in [0.05, 0.1) is 12.2 Å². The second kappa shape index (κ2) is 6.85. The van der Waals surface area contributed by atoms with Gasteiger partial charge in [0, 0.05) is 31.4 Å². The normalized spacial score (nSPS) is 21.3. The highest BCUT2D eigenvalue weighted by Crippen LogP contribution is 2.19. The SMILES string of the molecule is CN(C)C1CCN(CCn2cc(CNC3CC3)nn2)CC1. The minimum atomic E-state index is 0.730. The molecule has 0 spiro atoms. The van der Waals surface area contributed by atoms with E-state index in [1.54, 1.807) is 0 Å².